The first-order valence-corrected chi connectivity index (χ1v) is 5.98. The van der Waals surface area contributed by atoms with Crippen LogP contribution in [0.1, 0.15) is 24.5 Å². The second-order valence-corrected chi connectivity index (χ2v) is 4.79. The Bertz CT molecular complexity index is 404. The van der Waals surface area contributed by atoms with Crippen LogP contribution in [0.2, 0.25) is 0 Å². The van der Waals surface area contributed by atoms with E-state index in [0.29, 0.717) is 6.42 Å². The number of rotatable bonds is 4. The molecule has 0 amide bonds. The number of carbonyl (C=O) groups excluding carboxylic acids is 1. The van der Waals surface area contributed by atoms with Crippen molar-refractivity contribution in [3.8, 4) is 0 Å². The highest BCUT2D eigenvalue weighted by Gasteiger charge is 2.16. The molecule has 0 heterocycles. The first-order valence-electron chi connectivity index (χ1n) is 5.07. The Morgan fingerprint density at radius 1 is 1.38 bits per heavy atom. The number of aryl methyl sites for hydroxylation is 1. The van der Waals surface area contributed by atoms with Gasteiger partial charge in [-0.3, -0.25) is 4.79 Å². The van der Waals surface area contributed by atoms with Gasteiger partial charge in [0.25, 0.3) is 0 Å². The van der Waals surface area contributed by atoms with Crippen LogP contribution in [-0.4, -0.2) is 10.6 Å². The third kappa shape index (κ3) is 3.11. The smallest absolute Gasteiger partial charge is 0.146 e. The number of ketones is 1. The highest BCUT2D eigenvalue weighted by Crippen LogP contribution is 2.19. The SMILES string of the molecule is CCC(=O)C(Br)Cc1cc(F)c(C)cc1F. The number of carbonyl (C=O) groups is 1. The van der Waals surface area contributed by atoms with E-state index in [0.717, 1.165) is 12.1 Å². The molecule has 0 fully saturated rings. The van der Waals surface area contributed by atoms with E-state index >= 15 is 0 Å². The number of hydrogen-bond acceptors (Lipinski definition) is 1. The van der Waals surface area contributed by atoms with Gasteiger partial charge in [-0.25, -0.2) is 8.78 Å². The van der Waals surface area contributed by atoms with Crippen molar-refractivity contribution >= 4 is 21.7 Å². The van der Waals surface area contributed by atoms with Crippen LogP contribution in [0.3, 0.4) is 0 Å². The van der Waals surface area contributed by atoms with Crippen molar-refractivity contribution in [3.05, 3.63) is 34.9 Å². The summed E-state index contributed by atoms with van der Waals surface area (Å²) >= 11 is 3.18. The van der Waals surface area contributed by atoms with Gasteiger partial charge in [0.15, 0.2) is 0 Å². The largest absolute Gasteiger partial charge is 0.298 e. The zero-order chi connectivity index (χ0) is 12.3. The van der Waals surface area contributed by atoms with Crippen molar-refractivity contribution < 1.29 is 13.6 Å². The van der Waals surface area contributed by atoms with Gasteiger partial charge in [-0.2, -0.15) is 0 Å². The summed E-state index contributed by atoms with van der Waals surface area (Å²) in [4.78, 5) is 10.9. The molecule has 0 bridgehead atoms. The molecule has 0 radical (unpaired) electrons. The van der Waals surface area contributed by atoms with E-state index in [4.69, 9.17) is 0 Å². The van der Waals surface area contributed by atoms with Crippen molar-refractivity contribution in [2.45, 2.75) is 31.5 Å². The monoisotopic (exact) mass is 290 g/mol. The summed E-state index contributed by atoms with van der Waals surface area (Å²) in [6.45, 7) is 3.24. The summed E-state index contributed by atoms with van der Waals surface area (Å²) in [5.74, 6) is -0.923. The minimum atomic E-state index is -0.466. The van der Waals surface area contributed by atoms with Gasteiger partial charge >= 0.3 is 0 Å². The maximum Gasteiger partial charge on any atom is 0.146 e. The van der Waals surface area contributed by atoms with Crippen LogP contribution < -0.4 is 0 Å². The molecule has 1 rings (SSSR count). The lowest BCUT2D eigenvalue weighted by Gasteiger charge is -2.09. The molecule has 88 valence electrons. The average molecular weight is 291 g/mol. The van der Waals surface area contributed by atoms with Crippen molar-refractivity contribution in [1.82, 2.24) is 0 Å². The van der Waals surface area contributed by atoms with E-state index in [1.165, 1.54) is 6.92 Å². The summed E-state index contributed by atoms with van der Waals surface area (Å²) in [6.07, 6.45) is 0.557. The molecule has 1 unspecified atom stereocenters. The minimum Gasteiger partial charge on any atom is -0.298 e. The van der Waals surface area contributed by atoms with Gasteiger partial charge in [0.2, 0.25) is 0 Å². The quantitative estimate of drug-likeness (QED) is 0.775. The number of Topliss-reactive ketones (excluding diaryl/α,β-unsaturated/α-hetero) is 1. The summed E-state index contributed by atoms with van der Waals surface area (Å²) in [7, 11) is 0. The fourth-order valence-corrected chi connectivity index (χ4v) is 2.04. The van der Waals surface area contributed by atoms with E-state index in [2.05, 4.69) is 15.9 Å². The summed E-state index contributed by atoms with van der Waals surface area (Å²) < 4.78 is 26.7. The standard InChI is InChI=1S/C12H13BrF2O/c1-3-12(16)9(13)5-8-6-10(14)7(2)4-11(8)15/h4,6,9H,3,5H2,1-2H3. The zero-order valence-electron chi connectivity index (χ0n) is 9.19. The van der Waals surface area contributed by atoms with Crippen molar-refractivity contribution in [3.63, 3.8) is 0 Å². The van der Waals surface area contributed by atoms with Gasteiger partial charge in [-0.05, 0) is 36.6 Å². The first kappa shape index (κ1) is 13.3. The number of alkyl halides is 1. The Kier molecular flexibility index (Phi) is 4.59. The van der Waals surface area contributed by atoms with Crippen LogP contribution in [0.25, 0.3) is 0 Å². The van der Waals surface area contributed by atoms with Crippen LogP contribution in [0.15, 0.2) is 12.1 Å². The van der Waals surface area contributed by atoms with Crippen molar-refractivity contribution in [1.29, 1.82) is 0 Å². The molecule has 0 N–H and O–H groups in total. The highest BCUT2D eigenvalue weighted by molar-refractivity contribution is 9.10. The molecule has 0 aromatic heterocycles. The predicted molar refractivity (Wildman–Crippen MR) is 62.8 cm³/mol. The lowest BCUT2D eigenvalue weighted by Crippen LogP contribution is -2.16. The molecule has 0 aliphatic heterocycles. The van der Waals surface area contributed by atoms with Gasteiger partial charge in [-0.15, -0.1) is 0 Å². The molecule has 0 saturated carbocycles. The van der Waals surface area contributed by atoms with Gasteiger partial charge in [0.05, 0.1) is 4.83 Å². The number of hydrogen-bond donors (Lipinski definition) is 0. The van der Waals surface area contributed by atoms with Gasteiger partial charge in [0.1, 0.15) is 17.4 Å². The lowest BCUT2D eigenvalue weighted by molar-refractivity contribution is -0.118. The molecule has 1 atom stereocenters. The fourth-order valence-electron chi connectivity index (χ4n) is 1.37. The molecule has 4 heteroatoms. The van der Waals surface area contributed by atoms with E-state index in [1.807, 2.05) is 0 Å². The maximum atomic E-state index is 13.5. The van der Waals surface area contributed by atoms with Gasteiger partial charge in [0, 0.05) is 6.42 Å². The number of benzene rings is 1. The van der Waals surface area contributed by atoms with Gasteiger partial charge < -0.3 is 0 Å². The maximum absolute atomic E-state index is 13.5. The number of halogens is 3. The van der Waals surface area contributed by atoms with Crippen LogP contribution in [-0.2, 0) is 11.2 Å². The summed E-state index contributed by atoms with van der Waals surface area (Å²) in [6, 6.07) is 2.31. The molecule has 0 saturated heterocycles. The second-order valence-electron chi connectivity index (χ2n) is 3.68. The summed E-state index contributed by atoms with van der Waals surface area (Å²) in [5.41, 5.74) is 0.501. The average Bonchev–Trinajstić information content (AvgIpc) is 2.24. The molecule has 1 aromatic rings. The van der Waals surface area contributed by atoms with Crippen LogP contribution in [0.4, 0.5) is 8.78 Å². The molecule has 0 aliphatic carbocycles. The first-order chi connectivity index (χ1) is 7.45. The van der Waals surface area contributed by atoms with Gasteiger partial charge in [-0.1, -0.05) is 22.9 Å². The lowest BCUT2D eigenvalue weighted by atomic mass is 10.0. The van der Waals surface area contributed by atoms with E-state index in [1.54, 1.807) is 6.92 Å². The Labute approximate surface area is 102 Å². The summed E-state index contributed by atoms with van der Waals surface area (Å²) in [5, 5.41) is 0. The Morgan fingerprint density at radius 2 is 2.00 bits per heavy atom. The molecule has 1 aromatic carbocycles. The highest BCUT2D eigenvalue weighted by atomic mass is 79.9. The Balaban J connectivity index is 2.89. The molecule has 16 heavy (non-hydrogen) atoms. The molecule has 1 nitrogen and oxygen atoms in total. The minimum absolute atomic E-state index is 0.0135. The van der Waals surface area contributed by atoms with Crippen LogP contribution in [0.5, 0.6) is 0 Å². The third-order valence-electron chi connectivity index (χ3n) is 2.42. The predicted octanol–water partition coefficient (Wildman–Crippen LogP) is 3.56. The third-order valence-corrected chi connectivity index (χ3v) is 3.26. The van der Waals surface area contributed by atoms with Crippen molar-refractivity contribution in [2.24, 2.45) is 0 Å². The zero-order valence-corrected chi connectivity index (χ0v) is 10.8. The van der Waals surface area contributed by atoms with E-state index in [-0.39, 0.29) is 23.3 Å². The van der Waals surface area contributed by atoms with E-state index in [9.17, 15) is 13.6 Å². The topological polar surface area (TPSA) is 17.1 Å². The van der Waals surface area contributed by atoms with Crippen LogP contribution >= 0.6 is 15.9 Å². The molecule has 0 aliphatic rings. The Morgan fingerprint density at radius 3 is 2.56 bits per heavy atom. The molecule has 0 spiro atoms. The second kappa shape index (κ2) is 5.53. The van der Waals surface area contributed by atoms with E-state index < -0.39 is 16.5 Å². The fraction of sp³-hybridized carbons (Fsp3) is 0.417. The Hall–Kier alpha value is -0.770. The molecular weight excluding hydrogens is 278 g/mol. The van der Waals surface area contributed by atoms with Crippen molar-refractivity contribution in [2.75, 3.05) is 0 Å². The van der Waals surface area contributed by atoms with Crippen LogP contribution in [0, 0.1) is 18.6 Å². The molecular formula is C12H13BrF2O. The normalized spacial score (nSPS) is 12.6.